The van der Waals surface area contributed by atoms with E-state index in [0.717, 1.165) is 6.42 Å². The Bertz CT molecular complexity index is 485. The molecule has 94 valence electrons. The van der Waals surface area contributed by atoms with E-state index in [4.69, 9.17) is 9.47 Å². The van der Waals surface area contributed by atoms with E-state index < -0.39 is 5.97 Å². The van der Waals surface area contributed by atoms with E-state index in [0.29, 0.717) is 29.9 Å². The van der Waals surface area contributed by atoms with Crippen molar-refractivity contribution in [2.24, 2.45) is 0 Å². The van der Waals surface area contributed by atoms with E-state index in [-0.39, 0.29) is 5.78 Å². The quantitative estimate of drug-likeness (QED) is 0.769. The molecule has 0 saturated heterocycles. The first-order chi connectivity index (χ1) is 8.69. The summed E-state index contributed by atoms with van der Waals surface area (Å²) in [7, 11) is 1.56. The first-order valence-corrected chi connectivity index (χ1v) is 5.78. The number of hydrogen-bond acceptors (Lipinski definition) is 4. The third kappa shape index (κ3) is 2.97. The van der Waals surface area contributed by atoms with E-state index in [1.54, 1.807) is 31.4 Å². The second-order valence-electron chi connectivity index (χ2n) is 4.05. The van der Waals surface area contributed by atoms with Crippen molar-refractivity contribution >= 4 is 11.8 Å². The van der Waals surface area contributed by atoms with Crippen LogP contribution in [-0.2, 0) is 9.53 Å². The van der Waals surface area contributed by atoms with Crippen molar-refractivity contribution in [1.82, 2.24) is 0 Å². The lowest BCUT2D eigenvalue weighted by Gasteiger charge is -2.12. The summed E-state index contributed by atoms with van der Waals surface area (Å²) in [5.74, 6) is 0.697. The molecule has 0 amide bonds. The fourth-order valence-corrected chi connectivity index (χ4v) is 1.75. The molecule has 0 aliphatic heterocycles. The molecule has 4 heteroatoms. The first-order valence-electron chi connectivity index (χ1n) is 5.78. The van der Waals surface area contributed by atoms with Crippen LogP contribution in [0.5, 0.6) is 5.75 Å². The zero-order valence-electron chi connectivity index (χ0n) is 10.1. The normalized spacial score (nSPS) is 14.9. The lowest BCUT2D eigenvalue weighted by atomic mass is 10.1. The van der Waals surface area contributed by atoms with Crippen molar-refractivity contribution in [2.75, 3.05) is 7.11 Å². The van der Waals surface area contributed by atoms with Crippen LogP contribution < -0.4 is 4.74 Å². The number of methoxy groups -OCH3 is 1. The number of benzene rings is 1. The van der Waals surface area contributed by atoms with Gasteiger partial charge >= 0.3 is 5.97 Å². The molecule has 0 radical (unpaired) electrons. The number of ketones is 1. The molecule has 1 aliphatic rings. The summed E-state index contributed by atoms with van der Waals surface area (Å²) < 4.78 is 10.2. The summed E-state index contributed by atoms with van der Waals surface area (Å²) in [6, 6.07) is 6.65. The molecule has 0 atom stereocenters. The second kappa shape index (κ2) is 5.49. The molecule has 1 aromatic rings. The highest BCUT2D eigenvalue weighted by Crippen LogP contribution is 2.19. The maximum atomic E-state index is 11.8. The average molecular weight is 246 g/mol. The zero-order chi connectivity index (χ0) is 13.0. The van der Waals surface area contributed by atoms with E-state index in [9.17, 15) is 9.59 Å². The van der Waals surface area contributed by atoms with Gasteiger partial charge in [-0.3, -0.25) is 4.79 Å². The summed E-state index contributed by atoms with van der Waals surface area (Å²) in [4.78, 5) is 23.0. The molecule has 0 aromatic heterocycles. The minimum absolute atomic E-state index is 0.0128. The summed E-state index contributed by atoms with van der Waals surface area (Å²) in [6.45, 7) is 0. The molecule has 0 spiro atoms. The van der Waals surface area contributed by atoms with Gasteiger partial charge in [-0.1, -0.05) is 0 Å². The van der Waals surface area contributed by atoms with Crippen LogP contribution in [0.1, 0.15) is 29.6 Å². The van der Waals surface area contributed by atoms with Gasteiger partial charge in [0.15, 0.2) is 5.78 Å². The van der Waals surface area contributed by atoms with Gasteiger partial charge in [0.2, 0.25) is 0 Å². The lowest BCUT2D eigenvalue weighted by molar-refractivity contribution is -0.115. The third-order valence-electron chi connectivity index (χ3n) is 2.72. The molecule has 1 aliphatic carbocycles. The number of allylic oxidation sites excluding steroid dienone is 2. The van der Waals surface area contributed by atoms with Gasteiger partial charge in [-0.15, -0.1) is 0 Å². The van der Waals surface area contributed by atoms with E-state index in [1.807, 2.05) is 0 Å². The molecule has 18 heavy (non-hydrogen) atoms. The molecule has 0 saturated carbocycles. The Hall–Kier alpha value is -2.10. The highest BCUT2D eigenvalue weighted by Gasteiger charge is 2.15. The van der Waals surface area contributed by atoms with Crippen LogP contribution in [0.25, 0.3) is 0 Å². The number of ether oxygens (including phenoxy) is 2. The monoisotopic (exact) mass is 246 g/mol. The SMILES string of the molecule is COc1ccc(C(=O)OC2=CC(=O)CCC2)cc1. The molecule has 0 unspecified atom stereocenters. The fourth-order valence-electron chi connectivity index (χ4n) is 1.75. The number of carbonyl (C=O) groups excluding carboxylic acids is 2. The summed E-state index contributed by atoms with van der Waals surface area (Å²) >= 11 is 0. The third-order valence-corrected chi connectivity index (χ3v) is 2.72. The molecular weight excluding hydrogens is 232 g/mol. The summed E-state index contributed by atoms with van der Waals surface area (Å²) in [5, 5.41) is 0. The van der Waals surface area contributed by atoms with Gasteiger partial charge in [0, 0.05) is 18.9 Å². The Kier molecular flexibility index (Phi) is 3.77. The van der Waals surface area contributed by atoms with Crippen molar-refractivity contribution in [3.63, 3.8) is 0 Å². The van der Waals surface area contributed by atoms with Crippen molar-refractivity contribution in [3.05, 3.63) is 41.7 Å². The van der Waals surface area contributed by atoms with E-state index >= 15 is 0 Å². The van der Waals surface area contributed by atoms with Crippen LogP contribution in [0.15, 0.2) is 36.1 Å². The lowest BCUT2D eigenvalue weighted by Crippen LogP contribution is -2.10. The van der Waals surface area contributed by atoms with Gasteiger partial charge in [-0.2, -0.15) is 0 Å². The van der Waals surface area contributed by atoms with Crippen LogP contribution in [0, 0.1) is 0 Å². The minimum Gasteiger partial charge on any atom is -0.497 e. The van der Waals surface area contributed by atoms with Crippen LogP contribution in [-0.4, -0.2) is 18.9 Å². The molecule has 0 bridgehead atoms. The van der Waals surface area contributed by atoms with Crippen molar-refractivity contribution in [2.45, 2.75) is 19.3 Å². The largest absolute Gasteiger partial charge is 0.497 e. The standard InChI is InChI=1S/C14H14O4/c1-17-12-7-5-10(6-8-12)14(16)18-13-4-2-3-11(15)9-13/h5-9H,2-4H2,1H3. The van der Waals surface area contributed by atoms with E-state index in [2.05, 4.69) is 0 Å². The maximum Gasteiger partial charge on any atom is 0.343 e. The van der Waals surface area contributed by atoms with E-state index in [1.165, 1.54) is 6.08 Å². The Morgan fingerprint density at radius 2 is 1.89 bits per heavy atom. The second-order valence-corrected chi connectivity index (χ2v) is 4.05. The smallest absolute Gasteiger partial charge is 0.343 e. The number of esters is 1. The summed E-state index contributed by atoms with van der Waals surface area (Å²) in [5.41, 5.74) is 0.440. The minimum atomic E-state index is -0.446. The maximum absolute atomic E-state index is 11.8. The van der Waals surface area contributed by atoms with Gasteiger partial charge in [0.05, 0.1) is 12.7 Å². The first kappa shape index (κ1) is 12.4. The van der Waals surface area contributed by atoms with Gasteiger partial charge in [-0.25, -0.2) is 4.79 Å². The highest BCUT2D eigenvalue weighted by atomic mass is 16.5. The molecule has 0 N–H and O–H groups in total. The van der Waals surface area contributed by atoms with Gasteiger partial charge in [0.1, 0.15) is 11.5 Å². The Balaban J connectivity index is 2.05. The number of hydrogen-bond donors (Lipinski definition) is 0. The molecule has 1 aromatic carbocycles. The van der Waals surface area contributed by atoms with Crippen molar-refractivity contribution < 1.29 is 19.1 Å². The van der Waals surface area contributed by atoms with Crippen molar-refractivity contribution in [1.29, 1.82) is 0 Å². The molecule has 4 nitrogen and oxygen atoms in total. The van der Waals surface area contributed by atoms with Crippen LogP contribution >= 0.6 is 0 Å². The summed E-state index contributed by atoms with van der Waals surface area (Å²) in [6.07, 6.45) is 3.31. The highest BCUT2D eigenvalue weighted by molar-refractivity contribution is 5.93. The molecule has 0 heterocycles. The Morgan fingerprint density at radius 1 is 1.17 bits per heavy atom. The van der Waals surface area contributed by atoms with Crippen molar-refractivity contribution in [3.8, 4) is 5.75 Å². The fraction of sp³-hybridized carbons (Fsp3) is 0.286. The van der Waals surface area contributed by atoms with Gasteiger partial charge < -0.3 is 9.47 Å². The number of carbonyl (C=O) groups is 2. The van der Waals surface area contributed by atoms with Gasteiger partial charge in [-0.05, 0) is 30.7 Å². The number of rotatable bonds is 3. The predicted octanol–water partition coefficient (Wildman–Crippen LogP) is 2.49. The van der Waals surface area contributed by atoms with Crippen LogP contribution in [0.2, 0.25) is 0 Å². The van der Waals surface area contributed by atoms with Crippen LogP contribution in [0.4, 0.5) is 0 Å². The molecular formula is C14H14O4. The van der Waals surface area contributed by atoms with Crippen LogP contribution in [0.3, 0.4) is 0 Å². The topological polar surface area (TPSA) is 52.6 Å². The molecule has 0 fully saturated rings. The molecule has 2 rings (SSSR count). The average Bonchev–Trinajstić information content (AvgIpc) is 2.39. The Morgan fingerprint density at radius 3 is 2.50 bits per heavy atom. The zero-order valence-corrected chi connectivity index (χ0v) is 10.1. The predicted molar refractivity (Wildman–Crippen MR) is 65.4 cm³/mol. The van der Waals surface area contributed by atoms with Gasteiger partial charge in [0.25, 0.3) is 0 Å². The Labute approximate surface area is 105 Å².